The summed E-state index contributed by atoms with van der Waals surface area (Å²) in [6, 6.07) is 1.66. The molecular weight excluding hydrogens is 278 g/mol. The first-order chi connectivity index (χ1) is 9.48. The van der Waals surface area contributed by atoms with Gasteiger partial charge in [-0.2, -0.15) is 5.10 Å². The van der Waals surface area contributed by atoms with Crippen LogP contribution in [0.1, 0.15) is 36.9 Å². The van der Waals surface area contributed by atoms with Crippen LogP contribution in [0.4, 0.5) is 5.82 Å². The van der Waals surface area contributed by atoms with Crippen LogP contribution in [0.15, 0.2) is 18.7 Å². The molecule has 1 saturated carbocycles. The molecule has 2 aliphatic rings. The standard InChI is InChI=1S/C13H17N3O3S/c1-2-13(17)14-12-7-11(9-3-4-9)15-16(12)10-5-6-20(18,19)8-10/h2,7,9-10H,1,3-6,8H2,(H,14,17). The Morgan fingerprint density at radius 2 is 2.20 bits per heavy atom. The van der Waals surface area contributed by atoms with Crippen molar-refractivity contribution in [3.63, 3.8) is 0 Å². The Kier molecular flexibility index (Phi) is 3.16. The van der Waals surface area contributed by atoms with Gasteiger partial charge in [0.25, 0.3) is 0 Å². The Morgan fingerprint density at radius 1 is 1.45 bits per heavy atom. The van der Waals surface area contributed by atoms with Crippen LogP contribution in [0, 0.1) is 0 Å². The molecule has 108 valence electrons. The molecule has 1 aromatic heterocycles. The summed E-state index contributed by atoms with van der Waals surface area (Å²) in [6.07, 6.45) is 3.95. The Hall–Kier alpha value is -1.63. The van der Waals surface area contributed by atoms with E-state index < -0.39 is 9.84 Å². The number of nitrogens with one attached hydrogen (secondary N) is 1. The summed E-state index contributed by atoms with van der Waals surface area (Å²) in [5, 5.41) is 7.23. The first kappa shape index (κ1) is 13.4. The number of sulfone groups is 1. The van der Waals surface area contributed by atoms with Crippen LogP contribution in [-0.2, 0) is 14.6 Å². The van der Waals surface area contributed by atoms with Crippen molar-refractivity contribution in [3.05, 3.63) is 24.4 Å². The van der Waals surface area contributed by atoms with Crippen molar-refractivity contribution in [2.24, 2.45) is 0 Å². The Balaban J connectivity index is 1.91. The number of anilines is 1. The second-order valence-corrected chi connectivity index (χ2v) is 7.65. The summed E-state index contributed by atoms with van der Waals surface area (Å²) >= 11 is 0. The minimum Gasteiger partial charge on any atom is -0.307 e. The van der Waals surface area contributed by atoms with Crippen LogP contribution in [0.2, 0.25) is 0 Å². The van der Waals surface area contributed by atoms with Gasteiger partial charge < -0.3 is 5.32 Å². The highest BCUT2D eigenvalue weighted by Crippen LogP contribution is 2.41. The molecule has 2 heterocycles. The number of amides is 1. The lowest BCUT2D eigenvalue weighted by molar-refractivity contribution is -0.111. The third-order valence-electron chi connectivity index (χ3n) is 3.74. The minimum atomic E-state index is -2.98. The van der Waals surface area contributed by atoms with Crippen molar-refractivity contribution in [1.29, 1.82) is 0 Å². The highest BCUT2D eigenvalue weighted by atomic mass is 32.2. The maximum atomic E-state index is 11.6. The summed E-state index contributed by atoms with van der Waals surface area (Å²) in [6.45, 7) is 3.42. The second-order valence-electron chi connectivity index (χ2n) is 5.42. The zero-order valence-corrected chi connectivity index (χ0v) is 11.9. The largest absolute Gasteiger partial charge is 0.307 e. The predicted molar refractivity (Wildman–Crippen MR) is 75.3 cm³/mol. The van der Waals surface area contributed by atoms with Crippen molar-refractivity contribution in [2.75, 3.05) is 16.8 Å². The van der Waals surface area contributed by atoms with Crippen LogP contribution in [0.25, 0.3) is 0 Å². The number of carbonyl (C=O) groups excluding carboxylic acids is 1. The Labute approximate surface area is 117 Å². The Bertz CT molecular complexity index is 658. The molecular formula is C13H17N3O3S. The van der Waals surface area contributed by atoms with E-state index in [9.17, 15) is 13.2 Å². The molecule has 1 aliphatic heterocycles. The minimum absolute atomic E-state index is 0.0930. The van der Waals surface area contributed by atoms with Gasteiger partial charge >= 0.3 is 0 Å². The van der Waals surface area contributed by atoms with Gasteiger partial charge in [-0.05, 0) is 25.3 Å². The first-order valence-electron chi connectivity index (χ1n) is 6.72. The van der Waals surface area contributed by atoms with Gasteiger partial charge in [0.2, 0.25) is 5.91 Å². The lowest BCUT2D eigenvalue weighted by atomic mass is 10.2. The normalized spacial score (nSPS) is 24.5. The quantitative estimate of drug-likeness (QED) is 0.848. The molecule has 20 heavy (non-hydrogen) atoms. The van der Waals surface area contributed by atoms with Crippen molar-refractivity contribution >= 4 is 21.6 Å². The van der Waals surface area contributed by atoms with E-state index in [-0.39, 0.29) is 23.5 Å². The second kappa shape index (κ2) is 4.73. The van der Waals surface area contributed by atoms with Crippen LogP contribution < -0.4 is 5.32 Å². The molecule has 7 heteroatoms. The highest BCUT2D eigenvalue weighted by molar-refractivity contribution is 7.91. The van der Waals surface area contributed by atoms with E-state index in [0.29, 0.717) is 18.2 Å². The van der Waals surface area contributed by atoms with Gasteiger partial charge in [-0.1, -0.05) is 6.58 Å². The molecule has 0 spiro atoms. The average molecular weight is 295 g/mol. The number of aromatic nitrogens is 2. The van der Waals surface area contributed by atoms with Gasteiger partial charge in [0, 0.05) is 12.0 Å². The highest BCUT2D eigenvalue weighted by Gasteiger charge is 2.33. The van der Waals surface area contributed by atoms with E-state index in [2.05, 4.69) is 17.0 Å². The maximum absolute atomic E-state index is 11.6. The number of carbonyl (C=O) groups is 1. The third kappa shape index (κ3) is 2.63. The molecule has 0 aromatic carbocycles. The molecule has 0 radical (unpaired) electrons. The van der Waals surface area contributed by atoms with E-state index in [1.807, 2.05) is 6.07 Å². The summed E-state index contributed by atoms with van der Waals surface area (Å²) in [7, 11) is -2.98. The molecule has 0 bridgehead atoms. The smallest absolute Gasteiger partial charge is 0.248 e. The zero-order chi connectivity index (χ0) is 14.3. The molecule has 6 nitrogen and oxygen atoms in total. The molecule has 1 aromatic rings. The van der Waals surface area contributed by atoms with Gasteiger partial charge in [-0.25, -0.2) is 13.1 Å². The number of rotatable bonds is 4. The molecule has 1 saturated heterocycles. The third-order valence-corrected chi connectivity index (χ3v) is 5.49. The van der Waals surface area contributed by atoms with Crippen molar-refractivity contribution in [3.8, 4) is 0 Å². The molecule has 3 rings (SSSR count). The summed E-state index contributed by atoms with van der Waals surface area (Å²) in [4.78, 5) is 11.5. The lowest BCUT2D eigenvalue weighted by Gasteiger charge is -2.12. The molecule has 2 fully saturated rings. The van der Waals surface area contributed by atoms with Gasteiger partial charge in [-0.3, -0.25) is 4.79 Å². The zero-order valence-electron chi connectivity index (χ0n) is 11.1. The fourth-order valence-corrected chi connectivity index (χ4v) is 4.20. The van der Waals surface area contributed by atoms with Crippen molar-refractivity contribution < 1.29 is 13.2 Å². The van der Waals surface area contributed by atoms with Crippen LogP contribution in [0.5, 0.6) is 0 Å². The van der Waals surface area contributed by atoms with E-state index >= 15 is 0 Å². The molecule has 1 atom stereocenters. The number of nitrogens with zero attached hydrogens (tertiary/aromatic N) is 2. The fourth-order valence-electron chi connectivity index (χ4n) is 2.51. The van der Waals surface area contributed by atoms with Gasteiger partial charge in [0.15, 0.2) is 9.84 Å². The topological polar surface area (TPSA) is 81.1 Å². The van der Waals surface area contributed by atoms with Crippen molar-refractivity contribution in [2.45, 2.75) is 31.2 Å². The lowest BCUT2D eigenvalue weighted by Crippen LogP contribution is -2.18. The van der Waals surface area contributed by atoms with E-state index in [1.54, 1.807) is 4.68 Å². The molecule has 1 aliphatic carbocycles. The van der Waals surface area contributed by atoms with Gasteiger partial charge in [0.1, 0.15) is 5.82 Å². The molecule has 1 amide bonds. The first-order valence-corrected chi connectivity index (χ1v) is 8.54. The average Bonchev–Trinajstić information content (AvgIpc) is 3.07. The number of hydrogen-bond acceptors (Lipinski definition) is 4. The van der Waals surface area contributed by atoms with E-state index in [1.165, 1.54) is 6.08 Å². The van der Waals surface area contributed by atoms with E-state index in [4.69, 9.17) is 0 Å². The van der Waals surface area contributed by atoms with Crippen LogP contribution >= 0.6 is 0 Å². The number of hydrogen-bond donors (Lipinski definition) is 1. The van der Waals surface area contributed by atoms with Crippen LogP contribution in [0.3, 0.4) is 0 Å². The Morgan fingerprint density at radius 3 is 2.75 bits per heavy atom. The van der Waals surface area contributed by atoms with E-state index in [0.717, 1.165) is 18.5 Å². The van der Waals surface area contributed by atoms with Gasteiger partial charge in [-0.15, -0.1) is 0 Å². The summed E-state index contributed by atoms with van der Waals surface area (Å²) in [5.74, 6) is 0.989. The predicted octanol–water partition coefficient (Wildman–Crippen LogP) is 1.24. The summed E-state index contributed by atoms with van der Waals surface area (Å²) < 4.78 is 24.9. The molecule has 1 unspecified atom stereocenters. The van der Waals surface area contributed by atoms with Crippen molar-refractivity contribution in [1.82, 2.24) is 9.78 Å². The monoisotopic (exact) mass is 295 g/mol. The fraction of sp³-hybridized carbons (Fsp3) is 0.538. The summed E-state index contributed by atoms with van der Waals surface area (Å²) in [5.41, 5.74) is 0.939. The maximum Gasteiger partial charge on any atom is 0.248 e. The SMILES string of the molecule is C=CC(=O)Nc1cc(C2CC2)nn1C1CCS(=O)(=O)C1. The molecule has 1 N–H and O–H groups in total. The van der Waals surface area contributed by atoms with Gasteiger partial charge in [0.05, 0.1) is 23.2 Å². The van der Waals surface area contributed by atoms with Crippen LogP contribution in [-0.4, -0.2) is 35.6 Å².